The molecule has 2 aromatic carbocycles. The fourth-order valence-electron chi connectivity index (χ4n) is 2.70. The predicted octanol–water partition coefficient (Wildman–Crippen LogP) is 3.97. The third kappa shape index (κ3) is 4.85. The molecule has 2 amide bonds. The summed E-state index contributed by atoms with van der Waals surface area (Å²) in [5.74, 6) is 0.811. The van der Waals surface area contributed by atoms with Crippen molar-refractivity contribution < 1.29 is 14.3 Å². The maximum Gasteiger partial charge on any atom is 0.228 e. The van der Waals surface area contributed by atoms with Crippen LogP contribution < -0.4 is 15.4 Å². The third-order valence-corrected chi connectivity index (χ3v) is 4.06. The van der Waals surface area contributed by atoms with Crippen LogP contribution in [0.25, 0.3) is 0 Å². The second-order valence-corrected chi connectivity index (χ2v) is 7.62. The molecule has 2 N–H and O–H groups in total. The summed E-state index contributed by atoms with van der Waals surface area (Å²) in [6.07, 6.45) is 0.600. The molecule has 1 saturated carbocycles. The van der Waals surface area contributed by atoms with Crippen molar-refractivity contribution in [1.82, 2.24) is 5.32 Å². The Labute approximate surface area is 153 Å². The number of nitrogens with one attached hydrogen (secondary N) is 2. The molecular formula is C21H24N2O3. The van der Waals surface area contributed by atoms with Crippen molar-refractivity contribution in [3.05, 3.63) is 54.6 Å². The number of hydrogen-bond donors (Lipinski definition) is 2. The topological polar surface area (TPSA) is 67.4 Å². The highest BCUT2D eigenvalue weighted by molar-refractivity contribution is 5.99. The number of rotatable bonds is 5. The molecule has 0 aromatic heterocycles. The Morgan fingerprint density at radius 1 is 0.885 bits per heavy atom. The van der Waals surface area contributed by atoms with Crippen LogP contribution in [0.5, 0.6) is 11.5 Å². The van der Waals surface area contributed by atoms with Crippen molar-refractivity contribution in [2.75, 3.05) is 5.32 Å². The number of amides is 2. The van der Waals surface area contributed by atoms with E-state index in [2.05, 4.69) is 10.6 Å². The molecule has 0 bridgehead atoms. The van der Waals surface area contributed by atoms with Crippen LogP contribution in [0.4, 0.5) is 5.69 Å². The highest BCUT2D eigenvalue weighted by atomic mass is 16.5. The normalized spacial score (nSPS) is 18.7. The average molecular weight is 352 g/mol. The van der Waals surface area contributed by atoms with E-state index in [1.807, 2.05) is 51.1 Å². The van der Waals surface area contributed by atoms with Crippen molar-refractivity contribution in [1.29, 1.82) is 0 Å². The lowest BCUT2D eigenvalue weighted by atomic mass is 10.1. The third-order valence-electron chi connectivity index (χ3n) is 4.06. The van der Waals surface area contributed by atoms with E-state index in [-0.39, 0.29) is 29.2 Å². The molecule has 0 spiro atoms. The molecule has 5 heteroatoms. The van der Waals surface area contributed by atoms with E-state index in [1.165, 1.54) is 0 Å². The number of para-hydroxylation sites is 1. The Bertz CT molecular complexity index is 779. The van der Waals surface area contributed by atoms with Gasteiger partial charge in [0.1, 0.15) is 11.5 Å². The van der Waals surface area contributed by atoms with Gasteiger partial charge in [-0.3, -0.25) is 9.59 Å². The number of anilines is 1. The van der Waals surface area contributed by atoms with Crippen LogP contribution in [-0.4, -0.2) is 17.4 Å². The van der Waals surface area contributed by atoms with E-state index >= 15 is 0 Å². The molecule has 5 nitrogen and oxygen atoms in total. The monoisotopic (exact) mass is 352 g/mol. The summed E-state index contributed by atoms with van der Waals surface area (Å²) in [7, 11) is 0. The molecule has 0 aliphatic heterocycles. The Hall–Kier alpha value is -2.82. The van der Waals surface area contributed by atoms with Gasteiger partial charge in [-0.15, -0.1) is 0 Å². The fourth-order valence-corrected chi connectivity index (χ4v) is 2.70. The van der Waals surface area contributed by atoms with Crippen molar-refractivity contribution in [3.63, 3.8) is 0 Å². The minimum absolute atomic E-state index is 0.0516. The van der Waals surface area contributed by atoms with Crippen molar-refractivity contribution in [2.45, 2.75) is 32.7 Å². The first-order chi connectivity index (χ1) is 12.3. The van der Waals surface area contributed by atoms with Gasteiger partial charge >= 0.3 is 0 Å². The van der Waals surface area contributed by atoms with Gasteiger partial charge in [-0.1, -0.05) is 18.2 Å². The minimum Gasteiger partial charge on any atom is -0.457 e. The van der Waals surface area contributed by atoms with E-state index in [0.29, 0.717) is 17.9 Å². The van der Waals surface area contributed by atoms with Crippen molar-refractivity contribution >= 4 is 17.5 Å². The number of carbonyl (C=O) groups is 2. The number of ether oxygens (including phenoxy) is 1. The molecule has 2 atom stereocenters. The summed E-state index contributed by atoms with van der Waals surface area (Å²) < 4.78 is 5.73. The largest absolute Gasteiger partial charge is 0.457 e. The zero-order valence-corrected chi connectivity index (χ0v) is 15.3. The van der Waals surface area contributed by atoms with Gasteiger partial charge in [0.15, 0.2) is 0 Å². The standard InChI is InChI=1S/C21H24N2O3/c1-21(2,3)23-20(25)18-13-17(18)19(24)22-14-9-11-16(12-10-14)26-15-7-5-4-6-8-15/h4-12,17-18H,13H2,1-3H3,(H,22,24)(H,23,25). The zero-order valence-electron chi connectivity index (χ0n) is 15.3. The minimum atomic E-state index is -0.282. The molecule has 1 fully saturated rings. The summed E-state index contributed by atoms with van der Waals surface area (Å²) in [6, 6.07) is 16.7. The molecule has 1 aliphatic rings. The van der Waals surface area contributed by atoms with E-state index < -0.39 is 0 Å². The Morgan fingerprint density at radius 2 is 1.46 bits per heavy atom. The number of benzene rings is 2. The quantitative estimate of drug-likeness (QED) is 0.856. The van der Waals surface area contributed by atoms with E-state index in [9.17, 15) is 9.59 Å². The molecule has 26 heavy (non-hydrogen) atoms. The van der Waals surface area contributed by atoms with E-state index in [0.717, 1.165) is 5.75 Å². The summed E-state index contributed by atoms with van der Waals surface area (Å²) in [5.41, 5.74) is 0.409. The summed E-state index contributed by atoms with van der Waals surface area (Å²) in [6.45, 7) is 5.80. The highest BCUT2D eigenvalue weighted by Gasteiger charge is 2.48. The molecule has 0 heterocycles. The Morgan fingerprint density at radius 3 is 2.08 bits per heavy atom. The van der Waals surface area contributed by atoms with Crippen LogP contribution >= 0.6 is 0 Å². The van der Waals surface area contributed by atoms with Crippen LogP contribution in [-0.2, 0) is 9.59 Å². The smallest absolute Gasteiger partial charge is 0.228 e. The van der Waals surface area contributed by atoms with Gasteiger partial charge < -0.3 is 15.4 Å². The maximum absolute atomic E-state index is 12.3. The zero-order chi connectivity index (χ0) is 18.7. The molecular weight excluding hydrogens is 328 g/mol. The number of carbonyl (C=O) groups excluding carboxylic acids is 2. The van der Waals surface area contributed by atoms with Crippen molar-refractivity contribution in [2.24, 2.45) is 11.8 Å². The lowest BCUT2D eigenvalue weighted by Gasteiger charge is -2.20. The average Bonchev–Trinajstić information content (AvgIpc) is 3.37. The molecule has 1 aliphatic carbocycles. The SMILES string of the molecule is CC(C)(C)NC(=O)C1CC1C(=O)Nc1ccc(Oc2ccccc2)cc1. The van der Waals surface area contributed by atoms with Gasteiger partial charge in [-0.05, 0) is 63.6 Å². The second kappa shape index (κ2) is 7.20. The van der Waals surface area contributed by atoms with Crippen LogP contribution in [0.1, 0.15) is 27.2 Å². The predicted molar refractivity (Wildman–Crippen MR) is 101 cm³/mol. The second-order valence-electron chi connectivity index (χ2n) is 7.62. The molecule has 2 unspecified atom stereocenters. The highest BCUT2D eigenvalue weighted by Crippen LogP contribution is 2.40. The molecule has 0 radical (unpaired) electrons. The molecule has 2 aromatic rings. The van der Waals surface area contributed by atoms with Crippen LogP contribution in [0.3, 0.4) is 0 Å². The van der Waals surface area contributed by atoms with Gasteiger partial charge in [0.25, 0.3) is 0 Å². The van der Waals surface area contributed by atoms with Crippen LogP contribution in [0.15, 0.2) is 54.6 Å². The molecule has 136 valence electrons. The summed E-state index contributed by atoms with van der Waals surface area (Å²) >= 11 is 0. The van der Waals surface area contributed by atoms with Crippen molar-refractivity contribution in [3.8, 4) is 11.5 Å². The van der Waals surface area contributed by atoms with E-state index in [1.54, 1.807) is 24.3 Å². The molecule has 0 saturated heterocycles. The van der Waals surface area contributed by atoms with Gasteiger partial charge in [0.2, 0.25) is 11.8 Å². The lowest BCUT2D eigenvalue weighted by Crippen LogP contribution is -2.42. The number of hydrogen-bond acceptors (Lipinski definition) is 3. The van der Waals surface area contributed by atoms with Crippen LogP contribution in [0.2, 0.25) is 0 Å². The summed E-state index contributed by atoms with van der Waals surface area (Å²) in [5, 5.41) is 5.79. The molecule has 3 rings (SSSR count). The fraction of sp³-hybridized carbons (Fsp3) is 0.333. The van der Waals surface area contributed by atoms with Crippen LogP contribution in [0, 0.1) is 11.8 Å². The first kappa shape index (κ1) is 18.0. The van der Waals surface area contributed by atoms with Gasteiger partial charge in [0, 0.05) is 11.2 Å². The first-order valence-corrected chi connectivity index (χ1v) is 8.78. The maximum atomic E-state index is 12.3. The Balaban J connectivity index is 1.52. The first-order valence-electron chi connectivity index (χ1n) is 8.78. The summed E-state index contributed by atoms with van der Waals surface area (Å²) in [4.78, 5) is 24.4. The van der Waals surface area contributed by atoms with Gasteiger partial charge in [-0.2, -0.15) is 0 Å². The van der Waals surface area contributed by atoms with Gasteiger partial charge in [-0.25, -0.2) is 0 Å². The lowest BCUT2D eigenvalue weighted by molar-refractivity contribution is -0.126. The Kier molecular flexibility index (Phi) is 4.98. The van der Waals surface area contributed by atoms with Gasteiger partial charge in [0.05, 0.1) is 11.8 Å². The van der Waals surface area contributed by atoms with E-state index in [4.69, 9.17) is 4.74 Å².